The van der Waals surface area contributed by atoms with E-state index in [2.05, 4.69) is 25.2 Å². The zero-order chi connectivity index (χ0) is 16.9. The number of benzene rings is 1. The molecule has 23 heavy (non-hydrogen) atoms. The summed E-state index contributed by atoms with van der Waals surface area (Å²) in [5.74, 6) is 0.542. The number of aliphatic hydroxyl groups is 1. The lowest BCUT2D eigenvalue weighted by molar-refractivity contribution is 0.149. The second kappa shape index (κ2) is 7.90. The first-order valence-electron chi connectivity index (χ1n) is 8.48. The van der Waals surface area contributed by atoms with E-state index in [0.29, 0.717) is 18.0 Å². The van der Waals surface area contributed by atoms with Gasteiger partial charge in [0.05, 0.1) is 12.2 Å². The van der Waals surface area contributed by atoms with E-state index < -0.39 is 6.10 Å². The number of rotatable bonds is 6. The molecule has 0 saturated heterocycles. The first-order chi connectivity index (χ1) is 10.9. The van der Waals surface area contributed by atoms with Crippen molar-refractivity contribution < 1.29 is 9.50 Å². The SMILES string of the molecule is CC(C)(C[C@H]1CC[C@H](C#N)CC1)NC[C@H](O)c1cccc(F)c1. The van der Waals surface area contributed by atoms with Crippen molar-refractivity contribution in [2.24, 2.45) is 11.8 Å². The van der Waals surface area contributed by atoms with Crippen LogP contribution in [0.15, 0.2) is 24.3 Å². The predicted octanol–water partition coefficient (Wildman–Crippen LogP) is 3.95. The topological polar surface area (TPSA) is 56.0 Å². The highest BCUT2D eigenvalue weighted by Crippen LogP contribution is 2.33. The lowest BCUT2D eigenvalue weighted by Gasteiger charge is -2.34. The van der Waals surface area contributed by atoms with Gasteiger partial charge in [0.2, 0.25) is 0 Å². The van der Waals surface area contributed by atoms with Crippen LogP contribution in [0.5, 0.6) is 0 Å². The Morgan fingerprint density at radius 1 is 1.35 bits per heavy atom. The van der Waals surface area contributed by atoms with Gasteiger partial charge >= 0.3 is 0 Å². The Morgan fingerprint density at radius 2 is 2.04 bits per heavy atom. The first-order valence-corrected chi connectivity index (χ1v) is 8.48. The Bertz CT molecular complexity index is 545. The first kappa shape index (κ1) is 17.9. The molecule has 0 unspecified atom stereocenters. The van der Waals surface area contributed by atoms with Gasteiger partial charge in [0.15, 0.2) is 0 Å². The van der Waals surface area contributed by atoms with Crippen molar-refractivity contribution in [1.29, 1.82) is 5.26 Å². The molecule has 1 fully saturated rings. The summed E-state index contributed by atoms with van der Waals surface area (Å²) in [7, 11) is 0. The molecule has 3 nitrogen and oxygen atoms in total. The van der Waals surface area contributed by atoms with Gasteiger partial charge in [0.25, 0.3) is 0 Å². The third-order valence-corrected chi connectivity index (χ3v) is 4.84. The highest BCUT2D eigenvalue weighted by Gasteiger charge is 2.27. The average molecular weight is 318 g/mol. The van der Waals surface area contributed by atoms with Crippen LogP contribution in [0.25, 0.3) is 0 Å². The summed E-state index contributed by atoms with van der Waals surface area (Å²) in [6.07, 6.45) is 4.54. The molecule has 1 aliphatic rings. The minimum Gasteiger partial charge on any atom is -0.387 e. The standard InChI is InChI=1S/C19H27FN2O/c1-19(2,11-14-6-8-15(12-21)9-7-14)22-13-18(23)16-4-3-5-17(20)10-16/h3-5,10,14-15,18,22-23H,6-9,11,13H2,1-2H3/t14-,15-,18-/m0/s1. The minimum atomic E-state index is -0.709. The average Bonchev–Trinajstić information content (AvgIpc) is 2.53. The van der Waals surface area contributed by atoms with E-state index in [9.17, 15) is 9.50 Å². The summed E-state index contributed by atoms with van der Waals surface area (Å²) in [6.45, 7) is 4.69. The highest BCUT2D eigenvalue weighted by atomic mass is 19.1. The Hall–Kier alpha value is -1.44. The summed E-state index contributed by atoms with van der Waals surface area (Å²) in [5.41, 5.74) is 0.515. The number of hydrogen-bond acceptors (Lipinski definition) is 3. The van der Waals surface area contributed by atoms with Gasteiger partial charge in [-0.2, -0.15) is 5.26 Å². The third-order valence-electron chi connectivity index (χ3n) is 4.84. The lowest BCUT2D eigenvalue weighted by atomic mass is 9.77. The van der Waals surface area contributed by atoms with Crippen molar-refractivity contribution in [3.63, 3.8) is 0 Å². The van der Waals surface area contributed by atoms with Crippen molar-refractivity contribution in [3.05, 3.63) is 35.6 Å². The van der Waals surface area contributed by atoms with Gasteiger partial charge in [-0.15, -0.1) is 0 Å². The molecule has 126 valence electrons. The van der Waals surface area contributed by atoms with Gasteiger partial charge < -0.3 is 10.4 Å². The molecule has 0 spiro atoms. The van der Waals surface area contributed by atoms with E-state index in [-0.39, 0.29) is 17.3 Å². The van der Waals surface area contributed by atoms with Gasteiger partial charge in [0.1, 0.15) is 5.82 Å². The van der Waals surface area contributed by atoms with E-state index in [1.807, 2.05) is 0 Å². The molecular weight excluding hydrogens is 291 g/mol. The Balaban J connectivity index is 1.81. The smallest absolute Gasteiger partial charge is 0.123 e. The molecule has 0 radical (unpaired) electrons. The zero-order valence-corrected chi connectivity index (χ0v) is 14.1. The molecule has 1 atom stereocenters. The van der Waals surface area contributed by atoms with Gasteiger partial charge in [-0.3, -0.25) is 0 Å². The molecule has 0 bridgehead atoms. The second-order valence-corrected chi connectivity index (χ2v) is 7.39. The quantitative estimate of drug-likeness (QED) is 0.835. The molecule has 1 saturated carbocycles. The molecule has 0 amide bonds. The molecule has 0 heterocycles. The maximum atomic E-state index is 13.2. The lowest BCUT2D eigenvalue weighted by Crippen LogP contribution is -2.43. The van der Waals surface area contributed by atoms with Crippen LogP contribution in [0.2, 0.25) is 0 Å². The molecule has 0 aliphatic heterocycles. The molecule has 0 aromatic heterocycles. The third kappa shape index (κ3) is 5.60. The number of nitrogens with zero attached hydrogens (tertiary/aromatic N) is 1. The minimum absolute atomic E-state index is 0.0849. The van der Waals surface area contributed by atoms with E-state index in [1.54, 1.807) is 12.1 Å². The van der Waals surface area contributed by atoms with E-state index >= 15 is 0 Å². The highest BCUT2D eigenvalue weighted by molar-refractivity contribution is 5.19. The van der Waals surface area contributed by atoms with Gasteiger partial charge in [0, 0.05) is 18.0 Å². The maximum absolute atomic E-state index is 13.2. The number of aliphatic hydroxyl groups excluding tert-OH is 1. The fourth-order valence-corrected chi connectivity index (χ4v) is 3.49. The molecule has 2 N–H and O–H groups in total. The summed E-state index contributed by atoms with van der Waals surface area (Å²) < 4.78 is 13.2. The predicted molar refractivity (Wildman–Crippen MR) is 89.1 cm³/mol. The zero-order valence-electron chi connectivity index (χ0n) is 14.1. The van der Waals surface area contributed by atoms with E-state index in [1.165, 1.54) is 12.1 Å². The molecule has 4 heteroatoms. The molecule has 1 aromatic carbocycles. The van der Waals surface area contributed by atoms with Gasteiger partial charge in [-0.25, -0.2) is 4.39 Å². The van der Waals surface area contributed by atoms with Gasteiger partial charge in [-0.1, -0.05) is 12.1 Å². The van der Waals surface area contributed by atoms with Crippen LogP contribution in [0, 0.1) is 29.0 Å². The van der Waals surface area contributed by atoms with Crippen LogP contribution >= 0.6 is 0 Å². The Morgan fingerprint density at radius 3 is 2.65 bits per heavy atom. The molecule has 2 rings (SSSR count). The van der Waals surface area contributed by atoms with Crippen molar-refractivity contribution >= 4 is 0 Å². The summed E-state index contributed by atoms with van der Waals surface area (Å²) >= 11 is 0. The fraction of sp³-hybridized carbons (Fsp3) is 0.632. The second-order valence-electron chi connectivity index (χ2n) is 7.39. The van der Waals surface area contributed by atoms with Crippen molar-refractivity contribution in [1.82, 2.24) is 5.32 Å². The fourth-order valence-electron chi connectivity index (χ4n) is 3.49. The van der Waals surface area contributed by atoms with Crippen molar-refractivity contribution in [3.8, 4) is 6.07 Å². The number of nitriles is 1. The van der Waals surface area contributed by atoms with Crippen molar-refractivity contribution in [2.45, 2.75) is 57.6 Å². The number of β-amino-alcohol motifs (C(OH)–C–C–N with tert-alkyl or cyclic N) is 1. The van der Waals surface area contributed by atoms with Crippen LogP contribution in [0.4, 0.5) is 4.39 Å². The largest absolute Gasteiger partial charge is 0.387 e. The normalized spacial score (nSPS) is 23.3. The monoisotopic (exact) mass is 318 g/mol. The van der Waals surface area contributed by atoms with Crippen LogP contribution in [0.3, 0.4) is 0 Å². The van der Waals surface area contributed by atoms with Crippen LogP contribution in [-0.4, -0.2) is 17.2 Å². The van der Waals surface area contributed by atoms with Crippen LogP contribution in [-0.2, 0) is 0 Å². The van der Waals surface area contributed by atoms with Crippen LogP contribution in [0.1, 0.15) is 57.6 Å². The number of nitrogens with one attached hydrogen (secondary N) is 1. The molecule has 1 aliphatic carbocycles. The number of hydrogen-bond donors (Lipinski definition) is 2. The van der Waals surface area contributed by atoms with E-state index in [4.69, 9.17) is 5.26 Å². The molecule has 1 aromatic rings. The molecular formula is C19H27FN2O. The Kier molecular flexibility index (Phi) is 6.15. The number of halogens is 1. The maximum Gasteiger partial charge on any atom is 0.123 e. The van der Waals surface area contributed by atoms with E-state index in [0.717, 1.165) is 32.1 Å². The Labute approximate surface area is 138 Å². The summed E-state index contributed by atoms with van der Waals surface area (Å²) in [6, 6.07) is 8.49. The van der Waals surface area contributed by atoms with Crippen LogP contribution < -0.4 is 5.32 Å². The summed E-state index contributed by atoms with van der Waals surface area (Å²) in [5, 5.41) is 22.6. The summed E-state index contributed by atoms with van der Waals surface area (Å²) in [4.78, 5) is 0. The van der Waals surface area contributed by atoms with Gasteiger partial charge in [-0.05, 0) is 69.6 Å². The van der Waals surface area contributed by atoms with Crippen molar-refractivity contribution in [2.75, 3.05) is 6.54 Å².